The van der Waals surface area contributed by atoms with Gasteiger partial charge in [-0.3, -0.25) is 0 Å². The maximum absolute atomic E-state index is 11.7. The Morgan fingerprint density at radius 1 is 1.21 bits per heavy atom. The topological polar surface area (TPSA) is 67.4 Å². The number of rotatable bonds is 8. The molecule has 0 fully saturated rings. The molecule has 0 radical (unpaired) electrons. The lowest BCUT2D eigenvalue weighted by atomic mass is 10.3. The van der Waals surface area contributed by atoms with Crippen molar-refractivity contribution in [3.63, 3.8) is 0 Å². The summed E-state index contributed by atoms with van der Waals surface area (Å²) < 4.78 is 31.3. The van der Waals surface area contributed by atoms with Gasteiger partial charge in [-0.1, -0.05) is 6.92 Å². The highest BCUT2D eigenvalue weighted by Crippen LogP contribution is 2.14. The van der Waals surface area contributed by atoms with Gasteiger partial charge in [0, 0.05) is 25.4 Å². The lowest BCUT2D eigenvalue weighted by molar-refractivity contribution is 0.0855. The minimum Gasteiger partial charge on any atom is -0.382 e. The Bertz CT molecular complexity index is 471. The van der Waals surface area contributed by atoms with E-state index in [9.17, 15) is 8.42 Å². The summed E-state index contributed by atoms with van der Waals surface area (Å²) in [6.07, 6.45) is 0.121. The molecule has 1 unspecified atom stereocenters. The molecule has 0 heterocycles. The summed E-state index contributed by atoms with van der Waals surface area (Å²) in [6.45, 7) is 7.45. The third-order valence-electron chi connectivity index (χ3n) is 2.54. The molecule has 0 aliphatic carbocycles. The zero-order valence-electron chi connectivity index (χ0n) is 11.6. The number of hydrogen-bond donors (Lipinski definition) is 2. The monoisotopic (exact) mass is 286 g/mol. The van der Waals surface area contributed by atoms with E-state index >= 15 is 0 Å². The van der Waals surface area contributed by atoms with Gasteiger partial charge in [0.2, 0.25) is 10.0 Å². The van der Waals surface area contributed by atoms with E-state index in [4.69, 9.17) is 4.74 Å². The fraction of sp³-hybridized carbons (Fsp3) is 0.538. The number of ether oxygens (including phenoxy) is 1. The maximum atomic E-state index is 11.7. The molecule has 0 saturated heterocycles. The lowest BCUT2D eigenvalue weighted by Crippen LogP contribution is -2.23. The van der Waals surface area contributed by atoms with Gasteiger partial charge in [-0.05, 0) is 38.1 Å². The van der Waals surface area contributed by atoms with Crippen LogP contribution in [0.1, 0.15) is 20.8 Å². The molecule has 0 aliphatic rings. The van der Waals surface area contributed by atoms with Crippen molar-refractivity contribution < 1.29 is 13.2 Å². The molecular formula is C13H22N2O3S. The average molecular weight is 286 g/mol. The molecule has 1 aromatic carbocycles. The zero-order valence-corrected chi connectivity index (χ0v) is 12.5. The second-order valence-corrected chi connectivity index (χ2v) is 5.94. The fourth-order valence-corrected chi connectivity index (χ4v) is 2.67. The summed E-state index contributed by atoms with van der Waals surface area (Å²) in [6, 6.07) is 6.68. The molecule has 5 nitrogen and oxygen atoms in total. The Morgan fingerprint density at radius 3 is 2.37 bits per heavy atom. The first kappa shape index (κ1) is 15.9. The largest absolute Gasteiger partial charge is 0.382 e. The average Bonchev–Trinajstić information content (AvgIpc) is 2.37. The van der Waals surface area contributed by atoms with Crippen molar-refractivity contribution >= 4 is 15.7 Å². The van der Waals surface area contributed by atoms with Crippen molar-refractivity contribution in [2.45, 2.75) is 31.8 Å². The predicted molar refractivity (Wildman–Crippen MR) is 76.9 cm³/mol. The van der Waals surface area contributed by atoms with E-state index in [0.717, 1.165) is 5.69 Å². The zero-order chi connectivity index (χ0) is 14.3. The minimum atomic E-state index is -3.37. The maximum Gasteiger partial charge on any atom is 0.240 e. The van der Waals surface area contributed by atoms with Gasteiger partial charge in [-0.25, -0.2) is 13.1 Å². The van der Waals surface area contributed by atoms with Crippen LogP contribution in [0, 0.1) is 0 Å². The van der Waals surface area contributed by atoms with Crippen LogP contribution in [0.3, 0.4) is 0 Å². The molecule has 0 aromatic heterocycles. The molecule has 108 valence electrons. The third kappa shape index (κ3) is 5.18. The molecule has 0 amide bonds. The van der Waals surface area contributed by atoms with Crippen molar-refractivity contribution in [2.75, 3.05) is 25.0 Å². The van der Waals surface area contributed by atoms with Crippen molar-refractivity contribution in [3.8, 4) is 0 Å². The van der Waals surface area contributed by atoms with Crippen LogP contribution in [-0.2, 0) is 14.8 Å². The van der Waals surface area contributed by atoms with Gasteiger partial charge in [0.15, 0.2) is 0 Å². The van der Waals surface area contributed by atoms with Gasteiger partial charge in [0.25, 0.3) is 0 Å². The van der Waals surface area contributed by atoms with Gasteiger partial charge >= 0.3 is 0 Å². The summed E-state index contributed by atoms with van der Waals surface area (Å²) in [5, 5.41) is 3.20. The first-order valence-electron chi connectivity index (χ1n) is 6.44. The number of nitrogens with one attached hydrogen (secondary N) is 2. The highest BCUT2D eigenvalue weighted by atomic mass is 32.2. The van der Waals surface area contributed by atoms with Crippen LogP contribution in [-0.4, -0.2) is 34.2 Å². The summed E-state index contributed by atoms with van der Waals surface area (Å²) in [5.41, 5.74) is 0.877. The summed E-state index contributed by atoms with van der Waals surface area (Å²) >= 11 is 0. The SMILES string of the molecule is CCNS(=O)(=O)c1ccc(NCC(C)OCC)cc1. The summed E-state index contributed by atoms with van der Waals surface area (Å²) in [7, 11) is -3.37. The molecule has 0 aliphatic heterocycles. The second kappa shape index (κ2) is 7.47. The van der Waals surface area contributed by atoms with Crippen LogP contribution in [0.25, 0.3) is 0 Å². The molecule has 1 atom stereocenters. The first-order valence-corrected chi connectivity index (χ1v) is 7.93. The molecule has 6 heteroatoms. The van der Waals surface area contributed by atoms with Crippen LogP contribution in [0.5, 0.6) is 0 Å². The van der Waals surface area contributed by atoms with E-state index in [2.05, 4.69) is 10.0 Å². The molecule has 0 saturated carbocycles. The molecule has 0 spiro atoms. The van der Waals surface area contributed by atoms with Gasteiger partial charge < -0.3 is 10.1 Å². The molecule has 0 bridgehead atoms. The molecule has 1 aromatic rings. The van der Waals surface area contributed by atoms with Gasteiger partial charge in [0.1, 0.15) is 0 Å². The molecule has 1 rings (SSSR count). The molecule has 2 N–H and O–H groups in total. The predicted octanol–water partition coefficient (Wildman–Crippen LogP) is 1.82. The van der Waals surface area contributed by atoms with E-state index in [1.165, 1.54) is 0 Å². The molecule has 19 heavy (non-hydrogen) atoms. The van der Waals surface area contributed by atoms with Crippen LogP contribution in [0.2, 0.25) is 0 Å². The number of sulfonamides is 1. The number of hydrogen-bond acceptors (Lipinski definition) is 4. The number of anilines is 1. The first-order chi connectivity index (χ1) is 8.99. The van der Waals surface area contributed by atoms with Crippen LogP contribution < -0.4 is 10.0 Å². The van der Waals surface area contributed by atoms with Gasteiger partial charge in [0.05, 0.1) is 11.0 Å². The third-order valence-corrected chi connectivity index (χ3v) is 4.11. The smallest absolute Gasteiger partial charge is 0.240 e. The van der Waals surface area contributed by atoms with Crippen molar-refractivity contribution in [1.82, 2.24) is 4.72 Å². The van der Waals surface area contributed by atoms with E-state index in [-0.39, 0.29) is 11.0 Å². The quantitative estimate of drug-likeness (QED) is 0.765. The Hall–Kier alpha value is -1.11. The van der Waals surface area contributed by atoms with Gasteiger partial charge in [-0.15, -0.1) is 0 Å². The highest BCUT2D eigenvalue weighted by Gasteiger charge is 2.11. The Balaban J connectivity index is 2.62. The highest BCUT2D eigenvalue weighted by molar-refractivity contribution is 7.89. The van der Waals surface area contributed by atoms with Crippen LogP contribution in [0.4, 0.5) is 5.69 Å². The minimum absolute atomic E-state index is 0.121. The number of benzene rings is 1. The van der Waals surface area contributed by atoms with E-state index in [0.29, 0.717) is 19.7 Å². The van der Waals surface area contributed by atoms with E-state index in [1.54, 1.807) is 31.2 Å². The normalized spacial score (nSPS) is 13.2. The Kier molecular flexibility index (Phi) is 6.27. The van der Waals surface area contributed by atoms with E-state index in [1.807, 2.05) is 13.8 Å². The second-order valence-electron chi connectivity index (χ2n) is 4.17. The van der Waals surface area contributed by atoms with Crippen LogP contribution in [0.15, 0.2) is 29.2 Å². The van der Waals surface area contributed by atoms with Gasteiger partial charge in [-0.2, -0.15) is 0 Å². The van der Waals surface area contributed by atoms with Crippen molar-refractivity contribution in [2.24, 2.45) is 0 Å². The standard InChI is InChI=1S/C13H22N2O3S/c1-4-15-19(16,17)13-8-6-12(7-9-13)14-10-11(3)18-5-2/h6-9,11,14-15H,4-5,10H2,1-3H3. The van der Waals surface area contributed by atoms with Crippen molar-refractivity contribution in [1.29, 1.82) is 0 Å². The molecular weight excluding hydrogens is 264 g/mol. The Labute approximate surface area is 115 Å². The fourth-order valence-electron chi connectivity index (χ4n) is 1.63. The Morgan fingerprint density at radius 2 is 1.84 bits per heavy atom. The summed E-state index contributed by atoms with van der Waals surface area (Å²) in [5.74, 6) is 0. The van der Waals surface area contributed by atoms with Crippen LogP contribution >= 0.6 is 0 Å². The summed E-state index contributed by atoms with van der Waals surface area (Å²) in [4.78, 5) is 0.276. The lowest BCUT2D eigenvalue weighted by Gasteiger charge is -2.13. The van der Waals surface area contributed by atoms with Crippen molar-refractivity contribution in [3.05, 3.63) is 24.3 Å². The van der Waals surface area contributed by atoms with E-state index < -0.39 is 10.0 Å².